The summed E-state index contributed by atoms with van der Waals surface area (Å²) in [5.74, 6) is -2.75. The molecule has 0 spiro atoms. The van der Waals surface area contributed by atoms with E-state index in [0.717, 1.165) is 0 Å². The van der Waals surface area contributed by atoms with Crippen LogP contribution in [-0.4, -0.2) is 35.2 Å². The first kappa shape index (κ1) is 13.0. The Morgan fingerprint density at radius 2 is 1.93 bits per heavy atom. The van der Waals surface area contributed by atoms with Gasteiger partial charge in [0.25, 0.3) is 0 Å². The number of rotatable bonds is 6. The number of carbonyl (C=O) groups excluding carboxylic acids is 3. The van der Waals surface area contributed by atoms with Gasteiger partial charge in [0.15, 0.2) is 11.9 Å². The van der Waals surface area contributed by atoms with E-state index < -0.39 is 23.8 Å². The van der Waals surface area contributed by atoms with Crippen molar-refractivity contribution in [1.29, 1.82) is 0 Å². The van der Waals surface area contributed by atoms with Crippen molar-refractivity contribution in [1.82, 2.24) is 0 Å². The van der Waals surface area contributed by atoms with Gasteiger partial charge in [-0.3, -0.25) is 4.79 Å². The number of ether oxygens (including phenoxy) is 1. The average molecular weight is 214 g/mol. The Hall–Kier alpha value is -1.98. The van der Waals surface area contributed by atoms with E-state index in [9.17, 15) is 19.2 Å². The molecular weight excluding hydrogens is 204 g/mol. The number of aldehydes is 1. The third kappa shape index (κ3) is 6.14. The molecule has 0 rings (SSSR count). The van der Waals surface area contributed by atoms with Gasteiger partial charge in [-0.25, -0.2) is 9.59 Å². The molecule has 15 heavy (non-hydrogen) atoms. The van der Waals surface area contributed by atoms with Crippen molar-refractivity contribution in [2.45, 2.75) is 19.4 Å². The second kappa shape index (κ2) is 6.47. The van der Waals surface area contributed by atoms with Crippen LogP contribution in [0, 0.1) is 0 Å². The highest BCUT2D eigenvalue weighted by Crippen LogP contribution is 1.99. The molecule has 0 bridgehead atoms. The molecule has 82 valence electrons. The van der Waals surface area contributed by atoms with Crippen LogP contribution in [0.4, 0.5) is 0 Å². The number of ketones is 1. The molecule has 6 heteroatoms. The van der Waals surface area contributed by atoms with Gasteiger partial charge in [0.1, 0.15) is 6.29 Å². The second-order valence-electron chi connectivity index (χ2n) is 2.61. The van der Waals surface area contributed by atoms with Crippen molar-refractivity contribution in [3.63, 3.8) is 0 Å². The predicted molar refractivity (Wildman–Crippen MR) is 48.0 cm³/mol. The van der Waals surface area contributed by atoms with Gasteiger partial charge < -0.3 is 14.6 Å². The summed E-state index contributed by atoms with van der Waals surface area (Å²) in [6, 6.07) is 0. The monoisotopic (exact) mass is 214 g/mol. The quantitative estimate of drug-likeness (QED) is 0.371. The molecule has 0 aliphatic carbocycles. The van der Waals surface area contributed by atoms with Gasteiger partial charge in [0.2, 0.25) is 0 Å². The van der Waals surface area contributed by atoms with Crippen LogP contribution >= 0.6 is 0 Å². The largest absolute Gasteiger partial charge is 0.478 e. The molecule has 0 heterocycles. The van der Waals surface area contributed by atoms with Crippen LogP contribution in [-0.2, 0) is 23.9 Å². The zero-order chi connectivity index (χ0) is 11.8. The number of hydrogen-bond donors (Lipinski definition) is 1. The summed E-state index contributed by atoms with van der Waals surface area (Å²) in [7, 11) is 0. The molecule has 6 nitrogen and oxygen atoms in total. The van der Waals surface area contributed by atoms with Crippen LogP contribution in [0.5, 0.6) is 0 Å². The fourth-order valence-corrected chi connectivity index (χ4v) is 0.703. The van der Waals surface area contributed by atoms with Crippen molar-refractivity contribution in [2.24, 2.45) is 0 Å². The molecule has 0 aromatic rings. The molecule has 1 atom stereocenters. The highest BCUT2D eigenvalue weighted by atomic mass is 16.5. The van der Waals surface area contributed by atoms with Gasteiger partial charge in [-0.1, -0.05) is 0 Å². The van der Waals surface area contributed by atoms with E-state index in [1.165, 1.54) is 6.92 Å². The molecule has 0 saturated heterocycles. The van der Waals surface area contributed by atoms with E-state index >= 15 is 0 Å². The van der Waals surface area contributed by atoms with Crippen molar-refractivity contribution < 1.29 is 29.0 Å². The molecule has 1 N–H and O–H groups in total. The zero-order valence-electron chi connectivity index (χ0n) is 8.00. The minimum atomic E-state index is -1.30. The molecular formula is C9H10O6. The summed E-state index contributed by atoms with van der Waals surface area (Å²) in [5, 5.41) is 8.19. The zero-order valence-corrected chi connectivity index (χ0v) is 8.00. The lowest BCUT2D eigenvalue weighted by molar-refractivity contribution is -0.150. The summed E-state index contributed by atoms with van der Waals surface area (Å²) in [6.45, 7) is 1.17. The highest BCUT2D eigenvalue weighted by molar-refractivity contribution is 5.93. The maximum absolute atomic E-state index is 10.9. The normalized spacial score (nSPS) is 12.1. The minimum Gasteiger partial charge on any atom is -0.478 e. The number of aliphatic carboxylic acids is 1. The van der Waals surface area contributed by atoms with E-state index in [1.807, 2.05) is 0 Å². The average Bonchev–Trinajstić information content (AvgIpc) is 2.14. The number of hydrogen-bond acceptors (Lipinski definition) is 5. The maximum Gasteiger partial charge on any atom is 0.331 e. The highest BCUT2D eigenvalue weighted by Gasteiger charge is 2.17. The molecule has 0 radical (unpaired) electrons. The van der Waals surface area contributed by atoms with Gasteiger partial charge in [0.05, 0.1) is 0 Å². The number of esters is 1. The molecule has 0 aromatic carbocycles. The van der Waals surface area contributed by atoms with Crippen molar-refractivity contribution in [3.8, 4) is 0 Å². The van der Waals surface area contributed by atoms with Gasteiger partial charge in [-0.05, 0) is 6.92 Å². The van der Waals surface area contributed by atoms with Crippen LogP contribution in [0.3, 0.4) is 0 Å². The third-order valence-corrected chi connectivity index (χ3v) is 1.38. The topological polar surface area (TPSA) is 97.7 Å². The number of Topliss-reactive ketones (excluding diaryl/α,β-unsaturated/α-hetero) is 1. The Morgan fingerprint density at radius 1 is 1.33 bits per heavy atom. The van der Waals surface area contributed by atoms with E-state index in [-0.39, 0.29) is 6.42 Å². The summed E-state index contributed by atoms with van der Waals surface area (Å²) in [4.78, 5) is 41.9. The van der Waals surface area contributed by atoms with E-state index in [1.54, 1.807) is 0 Å². The fourth-order valence-electron chi connectivity index (χ4n) is 0.703. The van der Waals surface area contributed by atoms with Gasteiger partial charge in [-0.2, -0.15) is 0 Å². The first-order valence-electron chi connectivity index (χ1n) is 4.03. The molecule has 0 aliphatic rings. The van der Waals surface area contributed by atoms with Crippen LogP contribution in [0.15, 0.2) is 12.2 Å². The molecule has 1 unspecified atom stereocenters. The summed E-state index contributed by atoms with van der Waals surface area (Å²) < 4.78 is 4.53. The van der Waals surface area contributed by atoms with Crippen molar-refractivity contribution >= 4 is 24.0 Å². The SMILES string of the molecule is CC(=O)C(CC=O)OC(=O)/C=C\C(=O)O. The Morgan fingerprint density at radius 3 is 2.33 bits per heavy atom. The van der Waals surface area contributed by atoms with Crippen LogP contribution in [0.2, 0.25) is 0 Å². The Balaban J connectivity index is 4.28. The number of carboxylic acid groups (broad SMARTS) is 1. The van der Waals surface area contributed by atoms with Crippen LogP contribution in [0.1, 0.15) is 13.3 Å². The second-order valence-corrected chi connectivity index (χ2v) is 2.61. The lowest BCUT2D eigenvalue weighted by Crippen LogP contribution is -2.24. The predicted octanol–water partition coefficient (Wildman–Crippen LogP) is -0.283. The first-order chi connectivity index (χ1) is 6.97. The summed E-state index contributed by atoms with van der Waals surface area (Å²) in [6.07, 6.45) is 0.319. The fraction of sp³-hybridized carbons (Fsp3) is 0.333. The third-order valence-electron chi connectivity index (χ3n) is 1.38. The lowest BCUT2D eigenvalue weighted by atomic mass is 10.2. The van der Waals surface area contributed by atoms with Crippen LogP contribution in [0.25, 0.3) is 0 Å². The Bertz CT molecular complexity index is 304. The summed E-state index contributed by atoms with van der Waals surface area (Å²) in [5.41, 5.74) is 0. The molecule has 0 amide bonds. The first-order valence-corrected chi connectivity index (χ1v) is 4.03. The van der Waals surface area contributed by atoms with E-state index in [4.69, 9.17) is 5.11 Å². The molecule has 0 saturated carbocycles. The Labute approximate surface area is 85.5 Å². The minimum absolute atomic E-state index is 0.234. The van der Waals surface area contributed by atoms with E-state index in [0.29, 0.717) is 18.4 Å². The van der Waals surface area contributed by atoms with Crippen molar-refractivity contribution in [2.75, 3.05) is 0 Å². The van der Waals surface area contributed by atoms with Gasteiger partial charge in [-0.15, -0.1) is 0 Å². The number of carbonyl (C=O) groups is 4. The maximum atomic E-state index is 10.9. The van der Waals surface area contributed by atoms with Gasteiger partial charge in [0, 0.05) is 18.6 Å². The molecule has 0 fully saturated rings. The molecule has 0 aliphatic heterocycles. The number of carboxylic acids is 1. The Kier molecular flexibility index (Phi) is 5.62. The van der Waals surface area contributed by atoms with Gasteiger partial charge >= 0.3 is 11.9 Å². The smallest absolute Gasteiger partial charge is 0.331 e. The van der Waals surface area contributed by atoms with E-state index in [2.05, 4.69) is 4.74 Å². The van der Waals surface area contributed by atoms with Crippen molar-refractivity contribution in [3.05, 3.63) is 12.2 Å². The molecule has 0 aromatic heterocycles. The summed E-state index contributed by atoms with van der Waals surface area (Å²) >= 11 is 0. The van der Waals surface area contributed by atoms with Crippen LogP contribution < -0.4 is 0 Å². The standard InChI is InChI=1S/C9H10O6/c1-6(11)7(4-5-10)15-9(14)3-2-8(12)13/h2-3,5,7H,4H2,1H3,(H,12,13)/b3-2-. The lowest BCUT2D eigenvalue weighted by Gasteiger charge is -2.09.